The summed E-state index contributed by atoms with van der Waals surface area (Å²) in [5.41, 5.74) is 9.02. The Morgan fingerprint density at radius 3 is 2.76 bits per heavy atom. The molecule has 0 unspecified atom stereocenters. The van der Waals surface area contributed by atoms with E-state index in [4.69, 9.17) is 27.4 Å². The Kier molecular flexibility index (Phi) is 9.51. The van der Waals surface area contributed by atoms with Gasteiger partial charge in [0.1, 0.15) is 5.82 Å². The van der Waals surface area contributed by atoms with Gasteiger partial charge in [-0.05, 0) is 74.7 Å². The van der Waals surface area contributed by atoms with Crippen LogP contribution in [0.15, 0.2) is 49.1 Å². The number of pyridine rings is 1. The maximum absolute atomic E-state index is 5.97. The van der Waals surface area contributed by atoms with E-state index in [9.17, 15) is 0 Å². The van der Waals surface area contributed by atoms with Crippen molar-refractivity contribution in [2.75, 3.05) is 37.9 Å². The Morgan fingerprint density at radius 1 is 1.18 bits per heavy atom. The van der Waals surface area contributed by atoms with Gasteiger partial charge in [-0.1, -0.05) is 0 Å². The lowest BCUT2D eigenvalue weighted by Gasteiger charge is -2.22. The Balaban J connectivity index is 1.43. The molecule has 34 heavy (non-hydrogen) atoms. The molecule has 0 bridgehead atoms. The Hall–Kier alpha value is -3.33. The van der Waals surface area contributed by atoms with Gasteiger partial charge in [0.15, 0.2) is 16.6 Å². The molecule has 0 radical (unpaired) electrons. The number of nitrogen functional groups attached to an aromatic ring is 1. The van der Waals surface area contributed by atoms with Crippen molar-refractivity contribution < 1.29 is 9.47 Å². The van der Waals surface area contributed by atoms with E-state index in [-0.39, 0.29) is 0 Å². The standard InChI is InChI=1S/C25H34N6O2S/c1-19-17-27-18-31(19)13-6-11-29-25(34)30(2)21-8-9-22(23(16-21)32-3)33-14-5-4-7-20-10-12-28-24(26)15-20/h8-10,12,15-18H,4-7,11,13-14H2,1-3H3,(H2,26,28)(H,29,34). The van der Waals surface area contributed by atoms with Crippen molar-refractivity contribution in [3.8, 4) is 11.5 Å². The van der Waals surface area contributed by atoms with E-state index in [1.54, 1.807) is 13.3 Å². The lowest BCUT2D eigenvalue weighted by molar-refractivity contribution is 0.286. The van der Waals surface area contributed by atoms with E-state index in [2.05, 4.69) is 26.8 Å². The Morgan fingerprint density at radius 2 is 2.03 bits per heavy atom. The van der Waals surface area contributed by atoms with Gasteiger partial charge in [0.05, 0.1) is 20.0 Å². The number of aromatic nitrogens is 3. The fraction of sp³-hybridized carbons (Fsp3) is 0.400. The van der Waals surface area contributed by atoms with Crippen molar-refractivity contribution in [1.82, 2.24) is 19.9 Å². The molecule has 0 amide bonds. The fourth-order valence-corrected chi connectivity index (χ4v) is 3.76. The third kappa shape index (κ3) is 7.34. The van der Waals surface area contributed by atoms with E-state index in [1.807, 2.05) is 54.8 Å². The van der Waals surface area contributed by atoms with Crippen molar-refractivity contribution in [1.29, 1.82) is 0 Å². The number of hydrogen-bond donors (Lipinski definition) is 2. The minimum absolute atomic E-state index is 0.558. The van der Waals surface area contributed by atoms with Gasteiger partial charge in [-0.15, -0.1) is 0 Å². The van der Waals surface area contributed by atoms with E-state index in [0.29, 0.717) is 23.3 Å². The van der Waals surface area contributed by atoms with Crippen LogP contribution < -0.4 is 25.4 Å². The molecule has 0 aliphatic carbocycles. The van der Waals surface area contributed by atoms with Crippen molar-refractivity contribution in [2.45, 2.75) is 39.2 Å². The molecule has 3 rings (SSSR count). The Bertz CT molecular complexity index is 1070. The highest BCUT2D eigenvalue weighted by atomic mass is 32.1. The highest BCUT2D eigenvalue weighted by molar-refractivity contribution is 7.80. The van der Waals surface area contributed by atoms with Crippen LogP contribution >= 0.6 is 12.2 Å². The second kappa shape index (κ2) is 12.8. The average Bonchev–Trinajstić information content (AvgIpc) is 3.25. The first kappa shape index (κ1) is 25.3. The number of thiocarbonyl (C=S) groups is 1. The van der Waals surface area contributed by atoms with Crippen LogP contribution in [0.5, 0.6) is 11.5 Å². The number of anilines is 2. The van der Waals surface area contributed by atoms with Crippen LogP contribution in [0.25, 0.3) is 0 Å². The van der Waals surface area contributed by atoms with Crippen molar-refractivity contribution in [3.05, 3.63) is 60.3 Å². The zero-order valence-corrected chi connectivity index (χ0v) is 21.0. The number of unbranched alkanes of at least 4 members (excludes halogenated alkanes) is 1. The van der Waals surface area contributed by atoms with Crippen LogP contribution in [-0.2, 0) is 13.0 Å². The molecule has 2 aromatic heterocycles. The number of benzene rings is 1. The summed E-state index contributed by atoms with van der Waals surface area (Å²) < 4.78 is 13.7. The van der Waals surface area contributed by atoms with Gasteiger partial charge < -0.3 is 30.0 Å². The van der Waals surface area contributed by atoms with E-state index in [1.165, 1.54) is 5.56 Å². The van der Waals surface area contributed by atoms with Crippen molar-refractivity contribution in [3.63, 3.8) is 0 Å². The largest absolute Gasteiger partial charge is 0.493 e. The van der Waals surface area contributed by atoms with Gasteiger partial charge >= 0.3 is 0 Å². The summed E-state index contributed by atoms with van der Waals surface area (Å²) in [7, 11) is 3.59. The van der Waals surface area contributed by atoms with Gasteiger partial charge in [0.25, 0.3) is 0 Å². The molecule has 0 spiro atoms. The number of ether oxygens (including phenoxy) is 2. The molecular formula is C25H34N6O2S. The lowest BCUT2D eigenvalue weighted by Crippen LogP contribution is -2.37. The third-order valence-electron chi connectivity index (χ3n) is 5.57. The fourth-order valence-electron chi connectivity index (χ4n) is 3.55. The summed E-state index contributed by atoms with van der Waals surface area (Å²) in [6.45, 7) is 4.36. The summed E-state index contributed by atoms with van der Waals surface area (Å²) in [4.78, 5) is 10.1. The zero-order chi connectivity index (χ0) is 24.3. The lowest BCUT2D eigenvalue weighted by atomic mass is 10.1. The number of nitrogens with one attached hydrogen (secondary N) is 1. The van der Waals surface area contributed by atoms with Gasteiger partial charge in [0.2, 0.25) is 0 Å². The zero-order valence-electron chi connectivity index (χ0n) is 20.2. The summed E-state index contributed by atoms with van der Waals surface area (Å²) >= 11 is 5.57. The SMILES string of the molecule is COc1cc(N(C)C(=S)NCCCn2cncc2C)ccc1OCCCCc1ccnc(N)c1. The van der Waals surface area contributed by atoms with Gasteiger partial charge in [-0.25, -0.2) is 9.97 Å². The molecule has 0 atom stereocenters. The summed E-state index contributed by atoms with van der Waals surface area (Å²) in [6, 6.07) is 9.77. The molecular weight excluding hydrogens is 448 g/mol. The van der Waals surface area contributed by atoms with E-state index >= 15 is 0 Å². The maximum Gasteiger partial charge on any atom is 0.173 e. The molecule has 0 aliphatic rings. The first-order valence-electron chi connectivity index (χ1n) is 11.5. The van der Waals surface area contributed by atoms with E-state index < -0.39 is 0 Å². The minimum Gasteiger partial charge on any atom is -0.493 e. The second-order valence-corrected chi connectivity index (χ2v) is 8.49. The smallest absolute Gasteiger partial charge is 0.173 e. The van der Waals surface area contributed by atoms with Crippen LogP contribution in [0, 0.1) is 6.92 Å². The van der Waals surface area contributed by atoms with Gasteiger partial charge in [-0.2, -0.15) is 0 Å². The topological polar surface area (TPSA) is 90.5 Å². The highest BCUT2D eigenvalue weighted by Gasteiger charge is 2.12. The van der Waals surface area contributed by atoms with Crippen molar-refractivity contribution in [2.24, 2.45) is 0 Å². The molecule has 9 heteroatoms. The summed E-state index contributed by atoms with van der Waals surface area (Å²) in [6.07, 6.45) is 9.30. The van der Waals surface area contributed by atoms with E-state index in [0.717, 1.165) is 55.9 Å². The molecule has 3 N–H and O–H groups in total. The number of methoxy groups -OCH3 is 1. The van der Waals surface area contributed by atoms with Crippen LogP contribution in [0.3, 0.4) is 0 Å². The molecule has 0 saturated heterocycles. The third-order valence-corrected chi connectivity index (χ3v) is 5.99. The molecule has 3 aromatic rings. The molecule has 0 saturated carbocycles. The first-order valence-corrected chi connectivity index (χ1v) is 11.9. The number of imidazole rings is 1. The molecule has 8 nitrogen and oxygen atoms in total. The monoisotopic (exact) mass is 482 g/mol. The van der Waals surface area contributed by atoms with Crippen LogP contribution in [0.2, 0.25) is 0 Å². The first-order chi connectivity index (χ1) is 16.5. The summed E-state index contributed by atoms with van der Waals surface area (Å²) in [5, 5.41) is 3.98. The minimum atomic E-state index is 0.558. The molecule has 0 aliphatic heterocycles. The normalized spacial score (nSPS) is 10.7. The highest BCUT2D eigenvalue weighted by Crippen LogP contribution is 2.31. The number of aryl methyl sites for hydroxylation is 3. The van der Waals surface area contributed by atoms with Crippen LogP contribution in [0.1, 0.15) is 30.5 Å². The molecule has 0 fully saturated rings. The average molecular weight is 483 g/mol. The number of hydrogen-bond acceptors (Lipinski definition) is 6. The summed E-state index contributed by atoms with van der Waals surface area (Å²) in [5.74, 6) is 1.97. The molecule has 1 aromatic carbocycles. The maximum atomic E-state index is 5.97. The van der Waals surface area contributed by atoms with Crippen LogP contribution in [0.4, 0.5) is 11.5 Å². The number of rotatable bonds is 12. The van der Waals surface area contributed by atoms with Gasteiger partial charge in [-0.3, -0.25) is 0 Å². The van der Waals surface area contributed by atoms with Crippen LogP contribution in [-0.4, -0.2) is 47.0 Å². The predicted molar refractivity (Wildman–Crippen MR) is 141 cm³/mol. The Labute approximate surface area is 207 Å². The molecule has 182 valence electrons. The van der Waals surface area contributed by atoms with Gasteiger partial charge in [0, 0.05) is 50.0 Å². The predicted octanol–water partition coefficient (Wildman–Crippen LogP) is 3.98. The quantitative estimate of drug-likeness (QED) is 0.296. The number of nitrogens with zero attached hydrogens (tertiary/aromatic N) is 4. The van der Waals surface area contributed by atoms with Crippen molar-refractivity contribution >= 4 is 28.8 Å². The number of nitrogens with two attached hydrogens (primary N) is 1. The second-order valence-electron chi connectivity index (χ2n) is 8.10. The molecule has 2 heterocycles.